The fourth-order valence-electron chi connectivity index (χ4n) is 2.18. The molecule has 0 fully saturated rings. The van der Waals surface area contributed by atoms with Gasteiger partial charge in [-0.2, -0.15) is 5.10 Å². The summed E-state index contributed by atoms with van der Waals surface area (Å²) in [4.78, 5) is 0. The van der Waals surface area contributed by atoms with Crippen LogP contribution in [0.2, 0.25) is 0 Å². The number of aryl methyl sites for hydroxylation is 2. The van der Waals surface area contributed by atoms with Crippen LogP contribution in [0, 0.1) is 12.7 Å². The van der Waals surface area contributed by atoms with Crippen LogP contribution in [0.3, 0.4) is 0 Å². The predicted octanol–water partition coefficient (Wildman–Crippen LogP) is 4.15. The van der Waals surface area contributed by atoms with Crippen molar-refractivity contribution in [2.75, 3.05) is 0 Å². The molecule has 6 heteroatoms. The molecule has 1 aromatic carbocycles. The molecule has 1 N–H and O–H groups in total. The van der Waals surface area contributed by atoms with Crippen LogP contribution in [-0.2, 0) is 13.0 Å². The Kier molecular flexibility index (Phi) is 4.99. The van der Waals surface area contributed by atoms with E-state index in [2.05, 4.69) is 37.0 Å². The van der Waals surface area contributed by atoms with E-state index in [9.17, 15) is 9.50 Å². The number of aliphatic hydroxyl groups excluding tert-OH is 1. The summed E-state index contributed by atoms with van der Waals surface area (Å²) in [6.07, 6.45) is -0.627. The summed E-state index contributed by atoms with van der Waals surface area (Å²) < 4.78 is 17.1. The third kappa shape index (κ3) is 2.97. The Bertz CT molecular complexity index is 608. The van der Waals surface area contributed by atoms with E-state index in [1.165, 1.54) is 6.07 Å². The van der Waals surface area contributed by atoms with Crippen LogP contribution < -0.4 is 0 Å². The molecule has 1 aromatic heterocycles. The highest BCUT2D eigenvalue weighted by molar-refractivity contribution is 9.10. The Labute approximate surface area is 134 Å². The molecule has 0 amide bonds. The van der Waals surface area contributed by atoms with Crippen LogP contribution >= 0.6 is 31.9 Å². The highest BCUT2D eigenvalue weighted by Crippen LogP contribution is 2.31. The fraction of sp³-hybridized carbons (Fsp3) is 0.357. The molecule has 108 valence electrons. The second-order valence-electron chi connectivity index (χ2n) is 4.52. The average molecular weight is 406 g/mol. The lowest BCUT2D eigenvalue weighted by Crippen LogP contribution is -2.10. The zero-order valence-corrected chi connectivity index (χ0v) is 14.4. The Morgan fingerprint density at radius 3 is 2.70 bits per heavy atom. The lowest BCUT2D eigenvalue weighted by molar-refractivity contribution is 0.169. The van der Waals surface area contributed by atoms with Crippen molar-refractivity contribution in [3.63, 3.8) is 0 Å². The van der Waals surface area contributed by atoms with Gasteiger partial charge in [0, 0.05) is 23.0 Å². The maximum Gasteiger partial charge on any atom is 0.130 e. The van der Waals surface area contributed by atoms with Gasteiger partial charge in [-0.1, -0.05) is 22.0 Å². The largest absolute Gasteiger partial charge is 0.388 e. The molecule has 0 saturated carbocycles. The average Bonchev–Trinajstić information content (AvgIpc) is 2.66. The van der Waals surface area contributed by atoms with Crippen LogP contribution in [0.25, 0.3) is 0 Å². The van der Waals surface area contributed by atoms with Crippen molar-refractivity contribution < 1.29 is 9.50 Å². The molecule has 0 saturated heterocycles. The predicted molar refractivity (Wildman–Crippen MR) is 83.1 cm³/mol. The summed E-state index contributed by atoms with van der Waals surface area (Å²) in [5.74, 6) is -0.415. The molecule has 0 aliphatic heterocycles. The summed E-state index contributed by atoms with van der Waals surface area (Å²) in [6.45, 7) is 4.58. The van der Waals surface area contributed by atoms with Gasteiger partial charge >= 0.3 is 0 Å². The van der Waals surface area contributed by atoms with Gasteiger partial charge in [0.2, 0.25) is 0 Å². The number of aromatic nitrogens is 2. The van der Waals surface area contributed by atoms with E-state index >= 15 is 0 Å². The molecule has 1 unspecified atom stereocenters. The molecule has 2 rings (SSSR count). The molecule has 0 bridgehead atoms. The van der Waals surface area contributed by atoms with E-state index in [0.29, 0.717) is 17.4 Å². The number of benzene rings is 1. The van der Waals surface area contributed by atoms with Gasteiger partial charge < -0.3 is 5.11 Å². The number of rotatable bonds is 4. The molecule has 0 radical (unpaired) electrons. The van der Waals surface area contributed by atoms with Crippen molar-refractivity contribution in [2.45, 2.75) is 32.9 Å². The minimum atomic E-state index is -0.928. The van der Waals surface area contributed by atoms with Gasteiger partial charge in [0.1, 0.15) is 5.82 Å². The minimum Gasteiger partial charge on any atom is -0.388 e. The summed E-state index contributed by atoms with van der Waals surface area (Å²) in [5, 5.41) is 14.7. The lowest BCUT2D eigenvalue weighted by atomic mass is 10.0. The molecule has 3 nitrogen and oxygen atoms in total. The van der Waals surface area contributed by atoms with Crippen molar-refractivity contribution in [3.05, 3.63) is 49.9 Å². The van der Waals surface area contributed by atoms with E-state index in [4.69, 9.17) is 0 Å². The Hall–Kier alpha value is -0.720. The highest BCUT2D eigenvalue weighted by Gasteiger charge is 2.21. The van der Waals surface area contributed by atoms with Crippen molar-refractivity contribution in [2.24, 2.45) is 0 Å². The van der Waals surface area contributed by atoms with Crippen molar-refractivity contribution in [3.8, 4) is 0 Å². The van der Waals surface area contributed by atoms with Crippen LogP contribution in [-0.4, -0.2) is 14.9 Å². The fourth-order valence-corrected chi connectivity index (χ4v) is 3.23. The van der Waals surface area contributed by atoms with E-state index in [1.807, 2.05) is 18.5 Å². The molecule has 0 aliphatic carbocycles. The quantitative estimate of drug-likeness (QED) is 0.829. The summed E-state index contributed by atoms with van der Waals surface area (Å²) in [5.41, 5.74) is 2.01. The van der Waals surface area contributed by atoms with Crippen LogP contribution in [0.1, 0.15) is 30.0 Å². The lowest BCUT2D eigenvalue weighted by Gasteiger charge is -2.15. The van der Waals surface area contributed by atoms with Crippen LogP contribution in [0.15, 0.2) is 27.1 Å². The molecule has 1 heterocycles. The highest BCUT2D eigenvalue weighted by atomic mass is 79.9. The maximum atomic E-state index is 13.9. The first-order valence-electron chi connectivity index (χ1n) is 6.29. The van der Waals surface area contributed by atoms with Gasteiger partial charge in [-0.05, 0) is 41.9 Å². The van der Waals surface area contributed by atoms with Gasteiger partial charge in [0.25, 0.3) is 0 Å². The molecule has 0 spiro atoms. The second kappa shape index (κ2) is 6.37. The monoisotopic (exact) mass is 404 g/mol. The van der Waals surface area contributed by atoms with Crippen molar-refractivity contribution in [1.29, 1.82) is 0 Å². The normalized spacial score (nSPS) is 12.7. The first kappa shape index (κ1) is 15.7. The van der Waals surface area contributed by atoms with Gasteiger partial charge in [-0.3, -0.25) is 4.68 Å². The van der Waals surface area contributed by atoms with E-state index in [1.54, 1.807) is 12.1 Å². The zero-order valence-electron chi connectivity index (χ0n) is 11.2. The molecule has 0 aliphatic rings. The van der Waals surface area contributed by atoms with E-state index in [-0.39, 0.29) is 5.56 Å². The minimum absolute atomic E-state index is 0.279. The van der Waals surface area contributed by atoms with Crippen LogP contribution in [0.5, 0.6) is 0 Å². The van der Waals surface area contributed by atoms with Crippen LogP contribution in [0.4, 0.5) is 4.39 Å². The Morgan fingerprint density at radius 2 is 2.10 bits per heavy atom. The maximum absolute atomic E-state index is 13.9. The second-order valence-corrected chi connectivity index (χ2v) is 6.16. The standard InChI is InChI=1S/C14H15Br2FN2O/c1-3-19-11(14(16)8(2)18-19)7-12(20)13-9(15)5-4-6-10(13)17/h4-6,12,20H,3,7H2,1-2H3. The third-order valence-electron chi connectivity index (χ3n) is 3.17. The number of nitrogens with zero attached hydrogens (tertiary/aromatic N) is 2. The third-order valence-corrected chi connectivity index (χ3v) is 4.90. The van der Waals surface area contributed by atoms with Crippen molar-refractivity contribution >= 4 is 31.9 Å². The summed E-state index contributed by atoms with van der Waals surface area (Å²) in [7, 11) is 0. The van der Waals surface area contributed by atoms with Gasteiger partial charge in [-0.15, -0.1) is 0 Å². The SMILES string of the molecule is CCn1nc(C)c(Br)c1CC(O)c1c(F)cccc1Br. The molecule has 2 aromatic rings. The van der Waals surface area contributed by atoms with E-state index in [0.717, 1.165) is 15.9 Å². The smallest absolute Gasteiger partial charge is 0.130 e. The van der Waals surface area contributed by atoms with Crippen molar-refractivity contribution in [1.82, 2.24) is 9.78 Å². The molecule has 1 atom stereocenters. The Balaban J connectivity index is 2.35. The molecular weight excluding hydrogens is 391 g/mol. The van der Waals surface area contributed by atoms with Gasteiger partial charge in [-0.25, -0.2) is 4.39 Å². The topological polar surface area (TPSA) is 38.0 Å². The number of hydrogen-bond acceptors (Lipinski definition) is 2. The number of hydrogen-bond donors (Lipinski definition) is 1. The summed E-state index contributed by atoms with van der Waals surface area (Å²) >= 11 is 6.77. The number of aliphatic hydroxyl groups is 1. The first-order chi connectivity index (χ1) is 9.45. The first-order valence-corrected chi connectivity index (χ1v) is 7.88. The zero-order chi connectivity index (χ0) is 14.9. The summed E-state index contributed by atoms with van der Waals surface area (Å²) in [6, 6.07) is 4.67. The molecular formula is C14H15Br2FN2O. The Morgan fingerprint density at radius 1 is 1.40 bits per heavy atom. The van der Waals surface area contributed by atoms with Gasteiger partial charge in [0.05, 0.1) is 22.0 Å². The van der Waals surface area contributed by atoms with E-state index < -0.39 is 11.9 Å². The van der Waals surface area contributed by atoms with Gasteiger partial charge in [0.15, 0.2) is 0 Å². The molecule has 20 heavy (non-hydrogen) atoms. The number of halogens is 3.